The van der Waals surface area contributed by atoms with E-state index in [1.165, 1.54) is 0 Å². The molecule has 2 aromatic rings. The van der Waals surface area contributed by atoms with Crippen molar-refractivity contribution in [2.45, 2.75) is 6.61 Å². The van der Waals surface area contributed by atoms with Gasteiger partial charge in [0.25, 0.3) is 11.1 Å². The Balaban J connectivity index is 1.79. The van der Waals surface area contributed by atoms with Gasteiger partial charge in [0.1, 0.15) is 6.61 Å². The minimum absolute atomic E-state index is 0.0616. The van der Waals surface area contributed by atoms with Crippen molar-refractivity contribution in [2.24, 2.45) is 0 Å². The number of rotatable bonds is 5. The van der Waals surface area contributed by atoms with Gasteiger partial charge in [-0.1, -0.05) is 46.8 Å². The predicted molar refractivity (Wildman–Crippen MR) is 121 cm³/mol. The molecule has 0 atom stereocenters. The molecule has 148 valence electrons. The number of amides is 2. The van der Waals surface area contributed by atoms with E-state index in [-0.39, 0.29) is 18.1 Å². The second kappa shape index (κ2) is 9.46. The third-order valence-corrected chi connectivity index (χ3v) is 6.32. The second-order valence-corrected chi connectivity index (χ2v) is 8.89. The Morgan fingerprint density at radius 2 is 1.90 bits per heavy atom. The molecule has 0 aromatic heterocycles. The quantitative estimate of drug-likeness (QED) is 0.320. The Morgan fingerprint density at radius 1 is 1.14 bits per heavy atom. The molecule has 9 heteroatoms. The van der Waals surface area contributed by atoms with E-state index in [0.717, 1.165) is 22.2 Å². The van der Waals surface area contributed by atoms with E-state index in [1.807, 2.05) is 0 Å². The van der Waals surface area contributed by atoms with Crippen molar-refractivity contribution in [2.75, 3.05) is 6.54 Å². The van der Waals surface area contributed by atoms with E-state index in [2.05, 4.69) is 21.9 Å². The van der Waals surface area contributed by atoms with Gasteiger partial charge in [0.2, 0.25) is 0 Å². The Morgan fingerprint density at radius 3 is 2.55 bits per heavy atom. The second-order valence-electron chi connectivity index (χ2n) is 5.82. The number of benzene rings is 2. The first kappa shape index (κ1) is 22.1. The van der Waals surface area contributed by atoms with Crippen molar-refractivity contribution in [1.29, 1.82) is 0 Å². The van der Waals surface area contributed by atoms with Gasteiger partial charge in [0, 0.05) is 0 Å². The molecule has 1 aliphatic heterocycles. The minimum Gasteiger partial charge on any atom is -0.486 e. The van der Waals surface area contributed by atoms with Crippen LogP contribution in [0.3, 0.4) is 0 Å². The van der Waals surface area contributed by atoms with Crippen LogP contribution in [-0.2, 0) is 11.4 Å². The number of carbonyl (C=O) groups is 2. The average molecular weight is 532 g/mol. The molecule has 0 spiro atoms. The van der Waals surface area contributed by atoms with Gasteiger partial charge in [-0.05, 0) is 69.2 Å². The summed E-state index contributed by atoms with van der Waals surface area (Å²) >= 11 is 22.6. The summed E-state index contributed by atoms with van der Waals surface area (Å²) in [6.07, 6.45) is 6.78. The lowest BCUT2D eigenvalue weighted by Gasteiger charge is -2.12. The molecule has 4 nitrogen and oxygen atoms in total. The number of hydrogen-bond donors (Lipinski definition) is 0. The van der Waals surface area contributed by atoms with Gasteiger partial charge in [-0.3, -0.25) is 14.5 Å². The first-order chi connectivity index (χ1) is 13.8. The number of nitrogens with zero attached hydrogens (tertiary/aromatic N) is 1. The number of carbonyl (C=O) groups excluding carboxylic acids is 2. The number of ether oxygens (including phenoxy) is 1. The Hall–Kier alpha value is -1.62. The van der Waals surface area contributed by atoms with Crippen LogP contribution in [0.1, 0.15) is 11.1 Å². The van der Waals surface area contributed by atoms with Gasteiger partial charge >= 0.3 is 0 Å². The highest BCUT2D eigenvalue weighted by atomic mass is 79.9. The zero-order valence-corrected chi connectivity index (χ0v) is 19.2. The van der Waals surface area contributed by atoms with Crippen LogP contribution < -0.4 is 4.74 Å². The fraction of sp³-hybridized carbons (Fsp3) is 0.100. The standard InChI is InChI=1S/C20H11BrCl3NO3S/c1-2-5-25-19(26)17(29-20(25)27)9-12-6-13(21)18(16(24)8-12)28-10-11-3-4-14(22)15(23)7-11/h1,3-4,6-9H,5,10H2/b17-9+. The van der Waals surface area contributed by atoms with Gasteiger partial charge in [-0.25, -0.2) is 0 Å². The van der Waals surface area contributed by atoms with Crippen LogP contribution in [0.2, 0.25) is 15.1 Å². The minimum atomic E-state index is -0.426. The maximum Gasteiger partial charge on any atom is 0.294 e. The third kappa shape index (κ3) is 5.11. The van der Waals surface area contributed by atoms with Gasteiger partial charge in [0.15, 0.2) is 5.75 Å². The molecule has 2 aromatic carbocycles. The first-order valence-electron chi connectivity index (χ1n) is 8.04. The zero-order chi connectivity index (χ0) is 21.1. The van der Waals surface area contributed by atoms with Crippen LogP contribution in [0.4, 0.5) is 4.79 Å². The number of thioether (sulfide) groups is 1. The summed E-state index contributed by atoms with van der Waals surface area (Å²) in [5.41, 5.74) is 1.46. The van der Waals surface area contributed by atoms with Crippen molar-refractivity contribution < 1.29 is 14.3 Å². The highest BCUT2D eigenvalue weighted by Gasteiger charge is 2.34. The van der Waals surface area contributed by atoms with Gasteiger partial charge in [-0.15, -0.1) is 6.42 Å². The fourth-order valence-electron chi connectivity index (χ4n) is 2.46. The van der Waals surface area contributed by atoms with Crippen LogP contribution in [-0.4, -0.2) is 22.6 Å². The molecule has 0 N–H and O–H groups in total. The van der Waals surface area contributed by atoms with E-state index in [9.17, 15) is 9.59 Å². The Kier molecular flexibility index (Phi) is 7.20. The predicted octanol–water partition coefficient (Wildman–Crippen LogP) is 6.66. The number of terminal acetylenes is 1. The largest absolute Gasteiger partial charge is 0.486 e. The molecule has 1 saturated heterocycles. The number of hydrogen-bond acceptors (Lipinski definition) is 4. The number of halogens is 4. The molecular weight excluding hydrogens is 521 g/mol. The molecular formula is C20H11BrCl3NO3S. The van der Waals surface area contributed by atoms with E-state index in [0.29, 0.717) is 30.9 Å². The Labute approximate surface area is 195 Å². The maximum atomic E-state index is 12.3. The van der Waals surface area contributed by atoms with Gasteiger partial charge < -0.3 is 4.74 Å². The van der Waals surface area contributed by atoms with Crippen molar-refractivity contribution >= 4 is 79.7 Å². The SMILES string of the molecule is C#CCN1C(=O)S/C(=C/c2cc(Cl)c(OCc3ccc(Cl)c(Cl)c3)c(Br)c2)C1=O. The highest BCUT2D eigenvalue weighted by Crippen LogP contribution is 2.38. The smallest absolute Gasteiger partial charge is 0.294 e. The van der Waals surface area contributed by atoms with Gasteiger partial charge in [-0.2, -0.15) is 0 Å². The summed E-state index contributed by atoms with van der Waals surface area (Å²) < 4.78 is 6.40. The summed E-state index contributed by atoms with van der Waals surface area (Å²) in [6, 6.07) is 8.59. The molecule has 1 fully saturated rings. The fourth-order valence-corrected chi connectivity index (χ4v) is 4.61. The molecule has 0 unspecified atom stereocenters. The number of imide groups is 1. The topological polar surface area (TPSA) is 46.6 Å². The van der Waals surface area contributed by atoms with E-state index in [1.54, 1.807) is 36.4 Å². The zero-order valence-electron chi connectivity index (χ0n) is 14.5. The summed E-state index contributed by atoms with van der Waals surface area (Å²) in [5.74, 6) is 2.31. The monoisotopic (exact) mass is 529 g/mol. The lowest BCUT2D eigenvalue weighted by atomic mass is 10.2. The van der Waals surface area contributed by atoms with Crippen molar-refractivity contribution in [3.63, 3.8) is 0 Å². The molecule has 0 aliphatic carbocycles. The van der Waals surface area contributed by atoms with E-state index < -0.39 is 11.1 Å². The van der Waals surface area contributed by atoms with E-state index >= 15 is 0 Å². The normalized spacial score (nSPS) is 15.1. The van der Waals surface area contributed by atoms with Crippen molar-refractivity contribution in [1.82, 2.24) is 4.90 Å². The summed E-state index contributed by atoms with van der Waals surface area (Å²) in [6.45, 7) is 0.174. The third-order valence-electron chi connectivity index (χ3n) is 3.81. The highest BCUT2D eigenvalue weighted by molar-refractivity contribution is 9.10. The van der Waals surface area contributed by atoms with Crippen LogP contribution >= 0.6 is 62.5 Å². The molecule has 3 rings (SSSR count). The van der Waals surface area contributed by atoms with Crippen molar-refractivity contribution in [3.05, 3.63) is 65.9 Å². The molecule has 0 radical (unpaired) electrons. The maximum absolute atomic E-state index is 12.3. The molecule has 2 amide bonds. The van der Waals surface area contributed by atoms with Crippen molar-refractivity contribution in [3.8, 4) is 18.1 Å². The van der Waals surface area contributed by atoms with Gasteiger partial charge in [0.05, 0.1) is 31.0 Å². The molecule has 1 aliphatic rings. The van der Waals surface area contributed by atoms with Crippen LogP contribution in [0, 0.1) is 12.3 Å². The summed E-state index contributed by atoms with van der Waals surface area (Å²) in [7, 11) is 0. The van der Waals surface area contributed by atoms with E-state index in [4.69, 9.17) is 46.0 Å². The molecule has 29 heavy (non-hydrogen) atoms. The molecule has 1 heterocycles. The average Bonchev–Trinajstić information content (AvgIpc) is 2.91. The first-order valence-corrected chi connectivity index (χ1v) is 10.8. The van der Waals surface area contributed by atoms with Crippen LogP contribution in [0.5, 0.6) is 5.75 Å². The van der Waals surface area contributed by atoms with Crippen LogP contribution in [0.15, 0.2) is 39.7 Å². The molecule has 0 bridgehead atoms. The lowest BCUT2D eigenvalue weighted by Crippen LogP contribution is -2.28. The van der Waals surface area contributed by atoms with Crippen LogP contribution in [0.25, 0.3) is 6.08 Å². The molecule has 0 saturated carbocycles. The Bertz CT molecular complexity index is 1060. The summed E-state index contributed by atoms with van der Waals surface area (Å²) in [5, 5.41) is 0.845. The summed E-state index contributed by atoms with van der Waals surface area (Å²) in [4.78, 5) is 25.5. The lowest BCUT2D eigenvalue weighted by molar-refractivity contribution is -0.122.